The molecule has 1 aromatic carbocycles. The van der Waals surface area contributed by atoms with E-state index in [1.165, 1.54) is 0 Å². The Morgan fingerprint density at radius 2 is 2.00 bits per heavy atom. The van der Waals surface area contributed by atoms with Gasteiger partial charge in [0, 0.05) is 24.8 Å². The van der Waals surface area contributed by atoms with Crippen molar-refractivity contribution in [1.82, 2.24) is 9.78 Å². The van der Waals surface area contributed by atoms with Crippen LogP contribution in [0.1, 0.15) is 25.8 Å². The van der Waals surface area contributed by atoms with E-state index in [1.54, 1.807) is 31.3 Å². The van der Waals surface area contributed by atoms with Gasteiger partial charge < -0.3 is 5.32 Å². The van der Waals surface area contributed by atoms with E-state index in [2.05, 4.69) is 17.3 Å². The van der Waals surface area contributed by atoms with Crippen molar-refractivity contribution in [2.75, 3.05) is 11.1 Å². The molecule has 0 saturated heterocycles. The van der Waals surface area contributed by atoms with Crippen molar-refractivity contribution in [3.63, 3.8) is 0 Å². The number of sulfone groups is 1. The summed E-state index contributed by atoms with van der Waals surface area (Å²) in [6.45, 7) is 5.20. The number of nitrogens with zero attached hydrogens (tertiary/aromatic N) is 2. The molecular weight excluding hydrogens is 286 g/mol. The van der Waals surface area contributed by atoms with E-state index >= 15 is 0 Å². The van der Waals surface area contributed by atoms with Crippen molar-refractivity contribution < 1.29 is 8.42 Å². The third-order valence-corrected chi connectivity index (χ3v) is 5.01. The van der Waals surface area contributed by atoms with Crippen LogP contribution in [-0.2, 0) is 22.9 Å². The van der Waals surface area contributed by atoms with E-state index in [0.29, 0.717) is 17.1 Å². The lowest BCUT2D eigenvalue weighted by Gasteiger charge is -2.10. The van der Waals surface area contributed by atoms with Crippen LogP contribution in [-0.4, -0.2) is 24.0 Å². The molecule has 0 aliphatic heterocycles. The topological polar surface area (TPSA) is 64.0 Å². The lowest BCUT2D eigenvalue weighted by atomic mass is 10.3. The Hall–Kier alpha value is -1.82. The molecule has 2 aromatic rings. The van der Waals surface area contributed by atoms with Gasteiger partial charge in [-0.25, -0.2) is 8.42 Å². The zero-order chi connectivity index (χ0) is 15.3. The first-order chi connectivity index (χ1) is 10.1. The predicted octanol–water partition coefficient (Wildman–Crippen LogP) is 2.70. The van der Waals surface area contributed by atoms with Crippen molar-refractivity contribution in [1.29, 1.82) is 0 Å². The molecule has 0 aliphatic carbocycles. The number of rotatable bonds is 7. The van der Waals surface area contributed by atoms with Crippen LogP contribution in [0.5, 0.6) is 0 Å². The summed E-state index contributed by atoms with van der Waals surface area (Å²) in [6, 6.07) is 7.01. The van der Waals surface area contributed by atoms with Gasteiger partial charge in [-0.05, 0) is 18.6 Å². The zero-order valence-corrected chi connectivity index (χ0v) is 13.2. The number of aryl methyl sites for hydroxylation is 1. The van der Waals surface area contributed by atoms with Crippen LogP contribution in [0.3, 0.4) is 0 Å². The van der Waals surface area contributed by atoms with Gasteiger partial charge in [0.2, 0.25) is 0 Å². The SMILES string of the molecule is CCCn1cc(CNc2ccccc2S(=O)(=O)CC)cn1. The minimum absolute atomic E-state index is 0.0973. The number of anilines is 1. The first-order valence-corrected chi connectivity index (χ1v) is 8.79. The second-order valence-corrected chi connectivity index (χ2v) is 7.11. The fourth-order valence-corrected chi connectivity index (χ4v) is 3.16. The second kappa shape index (κ2) is 6.76. The van der Waals surface area contributed by atoms with Gasteiger partial charge in [-0.2, -0.15) is 5.10 Å². The molecule has 0 bridgehead atoms. The molecule has 0 fully saturated rings. The smallest absolute Gasteiger partial charge is 0.180 e. The standard InChI is InChI=1S/C15H21N3O2S/c1-3-9-18-12-13(11-17-18)10-16-14-7-5-6-8-15(14)21(19,20)4-2/h5-8,11-12,16H,3-4,9-10H2,1-2H3. The van der Waals surface area contributed by atoms with Crippen molar-refractivity contribution in [2.45, 2.75) is 38.3 Å². The number of hydrogen-bond donors (Lipinski definition) is 1. The van der Waals surface area contributed by atoms with Crippen LogP contribution in [0.4, 0.5) is 5.69 Å². The first kappa shape index (κ1) is 15.6. The molecule has 0 aliphatic rings. The zero-order valence-electron chi connectivity index (χ0n) is 12.4. The minimum Gasteiger partial charge on any atom is -0.380 e. The van der Waals surface area contributed by atoms with E-state index in [1.807, 2.05) is 16.9 Å². The lowest BCUT2D eigenvalue weighted by Crippen LogP contribution is -2.09. The van der Waals surface area contributed by atoms with E-state index in [9.17, 15) is 8.42 Å². The summed E-state index contributed by atoms with van der Waals surface area (Å²) >= 11 is 0. The fraction of sp³-hybridized carbons (Fsp3) is 0.400. The molecule has 0 radical (unpaired) electrons. The van der Waals surface area contributed by atoms with Crippen LogP contribution < -0.4 is 5.32 Å². The average Bonchev–Trinajstić information content (AvgIpc) is 2.93. The van der Waals surface area contributed by atoms with E-state index in [-0.39, 0.29) is 5.75 Å². The van der Waals surface area contributed by atoms with Crippen LogP contribution in [0.2, 0.25) is 0 Å². The maximum atomic E-state index is 12.1. The molecule has 0 unspecified atom stereocenters. The summed E-state index contributed by atoms with van der Waals surface area (Å²) in [4.78, 5) is 0.355. The Bertz CT molecular complexity index is 692. The van der Waals surface area contributed by atoms with Crippen LogP contribution in [0.25, 0.3) is 0 Å². The third kappa shape index (κ3) is 3.85. The maximum Gasteiger partial charge on any atom is 0.180 e. The van der Waals surface area contributed by atoms with Crippen molar-refractivity contribution >= 4 is 15.5 Å². The molecule has 0 amide bonds. The first-order valence-electron chi connectivity index (χ1n) is 7.13. The van der Waals surface area contributed by atoms with Gasteiger partial charge in [0.05, 0.1) is 22.5 Å². The van der Waals surface area contributed by atoms with Crippen molar-refractivity contribution in [2.24, 2.45) is 0 Å². The number of hydrogen-bond acceptors (Lipinski definition) is 4. The molecule has 2 rings (SSSR count). The highest BCUT2D eigenvalue weighted by Gasteiger charge is 2.15. The largest absolute Gasteiger partial charge is 0.380 e. The van der Waals surface area contributed by atoms with Crippen molar-refractivity contribution in [3.05, 3.63) is 42.2 Å². The summed E-state index contributed by atoms with van der Waals surface area (Å²) in [5, 5.41) is 7.46. The van der Waals surface area contributed by atoms with Gasteiger partial charge in [0.15, 0.2) is 9.84 Å². The van der Waals surface area contributed by atoms with Crippen LogP contribution in [0.15, 0.2) is 41.6 Å². The molecule has 1 N–H and O–H groups in total. The van der Waals surface area contributed by atoms with E-state index in [4.69, 9.17) is 0 Å². The van der Waals surface area contributed by atoms with Gasteiger partial charge in [-0.1, -0.05) is 26.0 Å². The molecule has 114 valence electrons. The molecular formula is C15H21N3O2S. The maximum absolute atomic E-state index is 12.1. The molecule has 5 nitrogen and oxygen atoms in total. The number of benzene rings is 1. The van der Waals surface area contributed by atoms with E-state index < -0.39 is 9.84 Å². The molecule has 1 aromatic heterocycles. The predicted molar refractivity (Wildman–Crippen MR) is 84.0 cm³/mol. The minimum atomic E-state index is -3.22. The van der Waals surface area contributed by atoms with Gasteiger partial charge in [-0.15, -0.1) is 0 Å². The molecule has 1 heterocycles. The quantitative estimate of drug-likeness (QED) is 0.854. The fourth-order valence-electron chi connectivity index (χ4n) is 2.09. The molecule has 0 spiro atoms. The average molecular weight is 307 g/mol. The Morgan fingerprint density at radius 1 is 1.24 bits per heavy atom. The van der Waals surface area contributed by atoms with Crippen molar-refractivity contribution in [3.8, 4) is 0 Å². The third-order valence-electron chi connectivity index (χ3n) is 3.22. The lowest BCUT2D eigenvalue weighted by molar-refractivity contribution is 0.597. The van der Waals surface area contributed by atoms with Gasteiger partial charge in [-0.3, -0.25) is 4.68 Å². The Labute approximate surface area is 125 Å². The monoisotopic (exact) mass is 307 g/mol. The highest BCUT2D eigenvalue weighted by atomic mass is 32.2. The van der Waals surface area contributed by atoms with E-state index in [0.717, 1.165) is 18.5 Å². The molecule has 0 saturated carbocycles. The summed E-state index contributed by atoms with van der Waals surface area (Å²) in [5.74, 6) is 0.0973. The Kier molecular flexibility index (Phi) is 5.01. The molecule has 0 atom stereocenters. The summed E-state index contributed by atoms with van der Waals surface area (Å²) in [7, 11) is -3.22. The number of aromatic nitrogens is 2. The molecule has 6 heteroatoms. The van der Waals surface area contributed by atoms with Gasteiger partial charge >= 0.3 is 0 Å². The number of para-hydroxylation sites is 1. The molecule has 21 heavy (non-hydrogen) atoms. The second-order valence-electron chi connectivity index (χ2n) is 4.86. The highest BCUT2D eigenvalue weighted by Crippen LogP contribution is 2.22. The van der Waals surface area contributed by atoms with Crippen LogP contribution >= 0.6 is 0 Å². The Morgan fingerprint density at radius 3 is 2.71 bits per heavy atom. The highest BCUT2D eigenvalue weighted by molar-refractivity contribution is 7.91. The van der Waals surface area contributed by atoms with Crippen LogP contribution in [0, 0.1) is 0 Å². The summed E-state index contributed by atoms with van der Waals surface area (Å²) < 4.78 is 26.0. The summed E-state index contributed by atoms with van der Waals surface area (Å²) in [6.07, 6.45) is 4.82. The normalized spacial score (nSPS) is 11.5. The van der Waals surface area contributed by atoms with Gasteiger partial charge in [0.1, 0.15) is 0 Å². The Balaban J connectivity index is 2.13. The summed E-state index contributed by atoms with van der Waals surface area (Å²) in [5.41, 5.74) is 1.68. The van der Waals surface area contributed by atoms with Gasteiger partial charge in [0.25, 0.3) is 0 Å². The number of nitrogens with one attached hydrogen (secondary N) is 1.